The largest absolute Gasteiger partial charge is 0.349 e. The fourth-order valence-electron chi connectivity index (χ4n) is 1.77. The summed E-state index contributed by atoms with van der Waals surface area (Å²) in [5, 5.41) is 9.56. The Bertz CT molecular complexity index is 541. The van der Waals surface area contributed by atoms with Crippen LogP contribution in [0.15, 0.2) is 36.4 Å². The van der Waals surface area contributed by atoms with E-state index in [0.29, 0.717) is 12.2 Å². The van der Waals surface area contributed by atoms with Crippen LogP contribution in [0.5, 0.6) is 0 Å². The Morgan fingerprint density at radius 3 is 2.70 bits per heavy atom. The molecule has 20 heavy (non-hydrogen) atoms. The van der Waals surface area contributed by atoms with E-state index in [2.05, 4.69) is 15.5 Å². The van der Waals surface area contributed by atoms with E-state index in [4.69, 9.17) is 5.73 Å². The van der Waals surface area contributed by atoms with E-state index >= 15 is 0 Å². The highest BCUT2D eigenvalue weighted by molar-refractivity contribution is 5.92. The topological polar surface area (TPSA) is 83.8 Å². The molecule has 2 aromatic rings. The first kappa shape index (κ1) is 16.2. The van der Waals surface area contributed by atoms with Crippen LogP contribution in [0.4, 0.5) is 0 Å². The van der Waals surface area contributed by atoms with Gasteiger partial charge in [-0.3, -0.25) is 9.89 Å². The number of halogens is 1. The van der Waals surface area contributed by atoms with Crippen LogP contribution in [0.2, 0.25) is 0 Å². The molecule has 0 radical (unpaired) electrons. The van der Waals surface area contributed by atoms with Crippen molar-refractivity contribution < 1.29 is 4.79 Å². The lowest BCUT2D eigenvalue weighted by atomic mass is 10.1. The van der Waals surface area contributed by atoms with E-state index in [9.17, 15) is 4.79 Å². The van der Waals surface area contributed by atoms with Crippen molar-refractivity contribution in [2.75, 3.05) is 6.54 Å². The molecule has 0 saturated carbocycles. The number of hydrogen-bond donors (Lipinski definition) is 3. The molecule has 1 heterocycles. The lowest BCUT2D eigenvalue weighted by Crippen LogP contribution is -2.32. The van der Waals surface area contributed by atoms with Gasteiger partial charge in [-0.1, -0.05) is 37.3 Å². The predicted molar refractivity (Wildman–Crippen MR) is 80.9 cm³/mol. The standard InChI is InChI=1S/C14H18N4O.ClH/c1-2-11-8-13(18-17-11)14(19)16-9-12(15)10-6-4-3-5-7-10;/h3-8,12H,2,9,15H2,1H3,(H,16,19)(H,17,18);1H. The maximum absolute atomic E-state index is 11.9. The minimum Gasteiger partial charge on any atom is -0.349 e. The minimum absolute atomic E-state index is 0. The summed E-state index contributed by atoms with van der Waals surface area (Å²) < 4.78 is 0. The number of nitrogens with one attached hydrogen (secondary N) is 2. The predicted octanol–water partition coefficient (Wildman–Crippen LogP) is 1.82. The number of amides is 1. The van der Waals surface area contributed by atoms with Crippen LogP contribution in [-0.4, -0.2) is 22.6 Å². The summed E-state index contributed by atoms with van der Waals surface area (Å²) >= 11 is 0. The van der Waals surface area contributed by atoms with Gasteiger partial charge in [0, 0.05) is 18.3 Å². The molecule has 5 nitrogen and oxygen atoms in total. The van der Waals surface area contributed by atoms with Crippen molar-refractivity contribution in [2.45, 2.75) is 19.4 Å². The van der Waals surface area contributed by atoms with Crippen molar-refractivity contribution in [3.8, 4) is 0 Å². The lowest BCUT2D eigenvalue weighted by molar-refractivity contribution is 0.0946. The van der Waals surface area contributed by atoms with Gasteiger partial charge in [0.1, 0.15) is 5.69 Å². The number of benzene rings is 1. The molecule has 1 aromatic heterocycles. The molecule has 0 aliphatic heterocycles. The molecule has 0 aliphatic rings. The average Bonchev–Trinajstić information content (AvgIpc) is 2.94. The van der Waals surface area contributed by atoms with Gasteiger partial charge < -0.3 is 11.1 Å². The monoisotopic (exact) mass is 294 g/mol. The number of aryl methyl sites for hydroxylation is 1. The number of aromatic amines is 1. The Labute approximate surface area is 124 Å². The molecule has 0 aliphatic carbocycles. The third-order valence-corrected chi connectivity index (χ3v) is 2.95. The van der Waals surface area contributed by atoms with Gasteiger partial charge in [-0.05, 0) is 18.1 Å². The summed E-state index contributed by atoms with van der Waals surface area (Å²) in [5.74, 6) is -0.206. The number of hydrogen-bond acceptors (Lipinski definition) is 3. The van der Waals surface area contributed by atoms with E-state index in [1.165, 1.54) is 0 Å². The van der Waals surface area contributed by atoms with Gasteiger partial charge in [-0.2, -0.15) is 5.10 Å². The van der Waals surface area contributed by atoms with Crippen LogP contribution in [0.1, 0.15) is 34.7 Å². The number of carbonyl (C=O) groups excluding carboxylic acids is 1. The van der Waals surface area contributed by atoms with E-state index in [1.807, 2.05) is 37.3 Å². The zero-order valence-corrected chi connectivity index (χ0v) is 12.1. The first-order valence-corrected chi connectivity index (χ1v) is 6.33. The molecule has 108 valence electrons. The maximum atomic E-state index is 11.9. The number of aromatic nitrogens is 2. The molecule has 0 fully saturated rings. The van der Waals surface area contributed by atoms with Crippen molar-refractivity contribution in [3.63, 3.8) is 0 Å². The molecule has 2 rings (SSSR count). The van der Waals surface area contributed by atoms with Gasteiger partial charge in [0.15, 0.2) is 0 Å². The summed E-state index contributed by atoms with van der Waals surface area (Å²) in [5.41, 5.74) is 8.35. The second-order valence-electron chi connectivity index (χ2n) is 4.36. The van der Waals surface area contributed by atoms with Gasteiger partial charge in [0.2, 0.25) is 0 Å². The highest BCUT2D eigenvalue weighted by atomic mass is 35.5. The number of nitrogens with zero attached hydrogens (tertiary/aromatic N) is 1. The molecule has 1 atom stereocenters. The quantitative estimate of drug-likeness (QED) is 0.786. The zero-order chi connectivity index (χ0) is 13.7. The smallest absolute Gasteiger partial charge is 0.271 e. The molecule has 0 spiro atoms. The Morgan fingerprint density at radius 2 is 2.10 bits per heavy atom. The van der Waals surface area contributed by atoms with E-state index < -0.39 is 0 Å². The van der Waals surface area contributed by atoms with Crippen molar-refractivity contribution in [1.82, 2.24) is 15.5 Å². The minimum atomic E-state index is -0.213. The highest BCUT2D eigenvalue weighted by Crippen LogP contribution is 2.08. The normalized spacial score (nSPS) is 11.5. The van der Waals surface area contributed by atoms with Crippen molar-refractivity contribution in [1.29, 1.82) is 0 Å². The Balaban J connectivity index is 0.00000200. The SMILES string of the molecule is CCc1cc(C(=O)NCC(N)c2ccccc2)n[nH]1.Cl. The van der Waals surface area contributed by atoms with Crippen LogP contribution in [0.3, 0.4) is 0 Å². The number of carbonyl (C=O) groups is 1. The Kier molecular flexibility index (Phi) is 6.21. The van der Waals surface area contributed by atoms with Crippen LogP contribution in [0.25, 0.3) is 0 Å². The maximum Gasteiger partial charge on any atom is 0.271 e. The van der Waals surface area contributed by atoms with Crippen molar-refractivity contribution in [3.05, 3.63) is 53.3 Å². The Morgan fingerprint density at radius 1 is 1.40 bits per heavy atom. The lowest BCUT2D eigenvalue weighted by Gasteiger charge is -2.12. The molecule has 0 bridgehead atoms. The first-order valence-electron chi connectivity index (χ1n) is 6.33. The Hall–Kier alpha value is -1.85. The van der Waals surface area contributed by atoms with Gasteiger partial charge in [-0.25, -0.2) is 0 Å². The summed E-state index contributed by atoms with van der Waals surface area (Å²) in [6, 6.07) is 11.2. The zero-order valence-electron chi connectivity index (χ0n) is 11.3. The average molecular weight is 295 g/mol. The van der Waals surface area contributed by atoms with E-state index in [1.54, 1.807) is 6.07 Å². The summed E-state index contributed by atoms with van der Waals surface area (Å²) in [4.78, 5) is 11.9. The van der Waals surface area contributed by atoms with Gasteiger partial charge >= 0.3 is 0 Å². The fraction of sp³-hybridized carbons (Fsp3) is 0.286. The summed E-state index contributed by atoms with van der Waals surface area (Å²) in [6.45, 7) is 2.39. The third kappa shape index (κ3) is 4.08. The molecule has 6 heteroatoms. The second kappa shape index (κ2) is 7.67. The fourth-order valence-corrected chi connectivity index (χ4v) is 1.77. The van der Waals surface area contributed by atoms with Crippen LogP contribution in [-0.2, 0) is 6.42 Å². The van der Waals surface area contributed by atoms with E-state index in [-0.39, 0.29) is 24.4 Å². The molecular formula is C14H19ClN4O. The second-order valence-corrected chi connectivity index (χ2v) is 4.36. The third-order valence-electron chi connectivity index (χ3n) is 2.95. The van der Waals surface area contributed by atoms with E-state index in [0.717, 1.165) is 17.7 Å². The van der Waals surface area contributed by atoms with Gasteiger partial charge in [-0.15, -0.1) is 12.4 Å². The van der Waals surface area contributed by atoms with Crippen LogP contribution in [0, 0.1) is 0 Å². The molecule has 4 N–H and O–H groups in total. The van der Waals surface area contributed by atoms with Crippen molar-refractivity contribution in [2.24, 2.45) is 5.73 Å². The molecular weight excluding hydrogens is 276 g/mol. The molecule has 1 unspecified atom stereocenters. The van der Waals surface area contributed by atoms with Crippen molar-refractivity contribution >= 4 is 18.3 Å². The number of H-pyrrole nitrogens is 1. The molecule has 1 amide bonds. The van der Waals surface area contributed by atoms with Crippen LogP contribution < -0.4 is 11.1 Å². The van der Waals surface area contributed by atoms with Crippen LogP contribution >= 0.6 is 12.4 Å². The number of nitrogens with two attached hydrogens (primary N) is 1. The summed E-state index contributed by atoms with van der Waals surface area (Å²) in [7, 11) is 0. The molecule has 1 aromatic carbocycles. The van der Waals surface area contributed by atoms with Gasteiger partial charge in [0.25, 0.3) is 5.91 Å². The number of rotatable bonds is 5. The summed E-state index contributed by atoms with van der Waals surface area (Å²) in [6.07, 6.45) is 0.823. The van der Waals surface area contributed by atoms with Gasteiger partial charge in [0.05, 0.1) is 0 Å². The first-order chi connectivity index (χ1) is 9.20. The molecule has 0 saturated heterocycles. The highest BCUT2D eigenvalue weighted by Gasteiger charge is 2.12.